The van der Waals surface area contributed by atoms with Crippen molar-refractivity contribution in [1.82, 2.24) is 10.3 Å². The lowest BCUT2D eigenvalue weighted by atomic mass is 9.97. The minimum absolute atomic E-state index is 0.0748. The molecule has 1 aliphatic rings. The van der Waals surface area contributed by atoms with Gasteiger partial charge in [0.15, 0.2) is 0 Å². The number of rotatable bonds is 6. The normalized spacial score (nSPS) is 18.6. The molecule has 1 amide bonds. The Bertz CT molecular complexity index is 203. The second-order valence-corrected chi connectivity index (χ2v) is 4.41. The van der Waals surface area contributed by atoms with Crippen LogP contribution in [0.2, 0.25) is 0 Å². The predicted molar refractivity (Wildman–Crippen MR) is 62.6 cm³/mol. The highest BCUT2D eigenvalue weighted by molar-refractivity contribution is 5.75. The van der Waals surface area contributed by atoms with Gasteiger partial charge in [-0.25, -0.2) is 5.84 Å². The standard InChI is InChI=1S/C11H23N3O2/c1-16-9-10-4-7-14(8-5-10)6-2-3-11(15)13-12/h10H,2-9,12H2,1H3,(H,13,15). The van der Waals surface area contributed by atoms with Gasteiger partial charge >= 0.3 is 0 Å². The van der Waals surface area contributed by atoms with E-state index in [-0.39, 0.29) is 5.91 Å². The van der Waals surface area contributed by atoms with Gasteiger partial charge in [0.25, 0.3) is 0 Å². The molecule has 0 aromatic heterocycles. The number of hydrazine groups is 1. The Morgan fingerprint density at radius 3 is 2.75 bits per heavy atom. The van der Waals surface area contributed by atoms with E-state index in [1.54, 1.807) is 7.11 Å². The van der Waals surface area contributed by atoms with E-state index in [4.69, 9.17) is 10.6 Å². The van der Waals surface area contributed by atoms with Crippen molar-refractivity contribution in [2.45, 2.75) is 25.7 Å². The van der Waals surface area contributed by atoms with Crippen molar-refractivity contribution in [1.29, 1.82) is 0 Å². The Balaban J connectivity index is 2.06. The molecule has 0 aromatic rings. The van der Waals surface area contributed by atoms with Crippen LogP contribution in [-0.4, -0.2) is 44.2 Å². The summed E-state index contributed by atoms with van der Waals surface area (Å²) >= 11 is 0. The molecule has 0 unspecified atom stereocenters. The molecule has 16 heavy (non-hydrogen) atoms. The van der Waals surface area contributed by atoms with Gasteiger partial charge in [-0.3, -0.25) is 10.2 Å². The maximum absolute atomic E-state index is 10.9. The van der Waals surface area contributed by atoms with Crippen molar-refractivity contribution >= 4 is 5.91 Å². The van der Waals surface area contributed by atoms with E-state index in [1.807, 2.05) is 0 Å². The zero-order chi connectivity index (χ0) is 11.8. The highest BCUT2D eigenvalue weighted by Gasteiger charge is 2.18. The number of carbonyl (C=O) groups excluding carboxylic acids is 1. The van der Waals surface area contributed by atoms with Crippen molar-refractivity contribution < 1.29 is 9.53 Å². The van der Waals surface area contributed by atoms with Crippen LogP contribution in [0, 0.1) is 5.92 Å². The minimum atomic E-state index is -0.0748. The molecule has 0 radical (unpaired) electrons. The quantitative estimate of drug-likeness (QED) is 0.385. The average Bonchev–Trinajstić information content (AvgIpc) is 2.31. The van der Waals surface area contributed by atoms with Crippen molar-refractivity contribution in [3.63, 3.8) is 0 Å². The van der Waals surface area contributed by atoms with E-state index >= 15 is 0 Å². The van der Waals surface area contributed by atoms with Crippen LogP contribution < -0.4 is 11.3 Å². The number of amides is 1. The number of nitrogens with one attached hydrogen (secondary N) is 1. The number of methoxy groups -OCH3 is 1. The van der Waals surface area contributed by atoms with Crippen molar-refractivity contribution in [3.8, 4) is 0 Å². The molecule has 5 nitrogen and oxygen atoms in total. The molecule has 0 bridgehead atoms. The Labute approximate surface area is 97.3 Å². The van der Waals surface area contributed by atoms with E-state index < -0.39 is 0 Å². The van der Waals surface area contributed by atoms with E-state index in [0.717, 1.165) is 32.7 Å². The van der Waals surface area contributed by atoms with Crippen LogP contribution in [0.15, 0.2) is 0 Å². The number of nitrogens with two attached hydrogens (primary N) is 1. The van der Waals surface area contributed by atoms with Gasteiger partial charge < -0.3 is 9.64 Å². The summed E-state index contributed by atoms with van der Waals surface area (Å²) in [4.78, 5) is 13.3. The summed E-state index contributed by atoms with van der Waals surface area (Å²) in [6.45, 7) is 4.12. The third-order valence-electron chi connectivity index (χ3n) is 3.15. The van der Waals surface area contributed by atoms with Crippen LogP contribution in [0.4, 0.5) is 0 Å². The van der Waals surface area contributed by atoms with Gasteiger partial charge in [-0.2, -0.15) is 0 Å². The maximum Gasteiger partial charge on any atom is 0.233 e. The third-order valence-corrected chi connectivity index (χ3v) is 3.15. The Morgan fingerprint density at radius 2 is 2.19 bits per heavy atom. The highest BCUT2D eigenvalue weighted by Crippen LogP contribution is 2.17. The van der Waals surface area contributed by atoms with Crippen LogP contribution >= 0.6 is 0 Å². The summed E-state index contributed by atoms with van der Waals surface area (Å²) in [7, 11) is 1.76. The summed E-state index contributed by atoms with van der Waals surface area (Å²) in [5, 5.41) is 0. The SMILES string of the molecule is COCC1CCN(CCCC(=O)NN)CC1. The molecule has 1 aliphatic heterocycles. The molecule has 1 heterocycles. The van der Waals surface area contributed by atoms with Gasteiger partial charge in [-0.1, -0.05) is 0 Å². The summed E-state index contributed by atoms with van der Waals surface area (Å²) in [5.74, 6) is 5.66. The van der Waals surface area contributed by atoms with Crippen molar-refractivity contribution in [2.75, 3.05) is 33.4 Å². The molecule has 5 heteroatoms. The van der Waals surface area contributed by atoms with E-state index in [9.17, 15) is 4.79 Å². The molecule has 1 saturated heterocycles. The summed E-state index contributed by atoms with van der Waals surface area (Å²) < 4.78 is 5.16. The first kappa shape index (κ1) is 13.4. The largest absolute Gasteiger partial charge is 0.384 e. The van der Waals surface area contributed by atoms with Gasteiger partial charge in [0.2, 0.25) is 5.91 Å². The second-order valence-electron chi connectivity index (χ2n) is 4.41. The number of carbonyl (C=O) groups is 1. The lowest BCUT2D eigenvalue weighted by molar-refractivity contribution is -0.121. The summed E-state index contributed by atoms with van der Waals surface area (Å²) in [6.07, 6.45) is 3.82. The Hall–Kier alpha value is -0.650. The first-order chi connectivity index (χ1) is 7.76. The predicted octanol–water partition coefficient (Wildman–Crippen LogP) is 0.115. The van der Waals surface area contributed by atoms with Crippen LogP contribution in [0.5, 0.6) is 0 Å². The fourth-order valence-electron chi connectivity index (χ4n) is 2.15. The topological polar surface area (TPSA) is 67.6 Å². The third kappa shape index (κ3) is 4.92. The molecule has 0 saturated carbocycles. The number of piperidine rings is 1. The van der Waals surface area contributed by atoms with Gasteiger partial charge in [0.1, 0.15) is 0 Å². The Kier molecular flexibility index (Phi) is 6.37. The lowest BCUT2D eigenvalue weighted by Gasteiger charge is -2.31. The monoisotopic (exact) mass is 229 g/mol. The summed E-state index contributed by atoms with van der Waals surface area (Å²) in [5.41, 5.74) is 2.15. The van der Waals surface area contributed by atoms with E-state index in [1.165, 1.54) is 12.8 Å². The molecule has 0 aromatic carbocycles. The molecular weight excluding hydrogens is 206 g/mol. The Morgan fingerprint density at radius 1 is 1.50 bits per heavy atom. The molecule has 1 rings (SSSR count). The molecule has 1 fully saturated rings. The molecule has 94 valence electrons. The van der Waals surface area contributed by atoms with Crippen LogP contribution in [-0.2, 0) is 9.53 Å². The minimum Gasteiger partial charge on any atom is -0.384 e. The zero-order valence-electron chi connectivity index (χ0n) is 10.1. The zero-order valence-corrected chi connectivity index (χ0v) is 10.1. The first-order valence-corrected chi connectivity index (χ1v) is 5.97. The van der Waals surface area contributed by atoms with Gasteiger partial charge in [0.05, 0.1) is 0 Å². The molecule has 0 atom stereocenters. The van der Waals surface area contributed by atoms with Gasteiger partial charge in [0, 0.05) is 20.1 Å². The number of hydrogen-bond acceptors (Lipinski definition) is 4. The van der Waals surface area contributed by atoms with Crippen LogP contribution in [0.3, 0.4) is 0 Å². The van der Waals surface area contributed by atoms with Crippen molar-refractivity contribution in [2.24, 2.45) is 11.8 Å². The number of nitrogens with zero attached hydrogens (tertiary/aromatic N) is 1. The van der Waals surface area contributed by atoms with Crippen molar-refractivity contribution in [3.05, 3.63) is 0 Å². The smallest absolute Gasteiger partial charge is 0.233 e. The lowest BCUT2D eigenvalue weighted by Crippen LogP contribution is -2.36. The van der Waals surface area contributed by atoms with Crippen LogP contribution in [0.1, 0.15) is 25.7 Å². The molecule has 0 spiro atoms. The molecule has 0 aliphatic carbocycles. The van der Waals surface area contributed by atoms with E-state index in [2.05, 4.69) is 10.3 Å². The fourth-order valence-corrected chi connectivity index (χ4v) is 2.15. The summed E-state index contributed by atoms with van der Waals surface area (Å²) in [6, 6.07) is 0. The van der Waals surface area contributed by atoms with Gasteiger partial charge in [-0.05, 0) is 44.8 Å². The number of likely N-dealkylation sites (tertiary alicyclic amines) is 1. The molecule has 3 N–H and O–H groups in total. The number of ether oxygens (including phenoxy) is 1. The fraction of sp³-hybridized carbons (Fsp3) is 0.909. The highest BCUT2D eigenvalue weighted by atomic mass is 16.5. The second kappa shape index (κ2) is 7.60. The first-order valence-electron chi connectivity index (χ1n) is 5.97. The van der Waals surface area contributed by atoms with E-state index in [0.29, 0.717) is 12.3 Å². The van der Waals surface area contributed by atoms with Crippen LogP contribution in [0.25, 0.3) is 0 Å². The number of hydrogen-bond donors (Lipinski definition) is 2. The van der Waals surface area contributed by atoms with Gasteiger partial charge in [-0.15, -0.1) is 0 Å². The maximum atomic E-state index is 10.9. The average molecular weight is 229 g/mol. The molecular formula is C11H23N3O2.